The summed E-state index contributed by atoms with van der Waals surface area (Å²) in [6.45, 7) is 6.66. The largest absolute Gasteiger partial charge is 0.383 e. The molecule has 1 aromatic carbocycles. The molecule has 0 aromatic heterocycles. The Morgan fingerprint density at radius 2 is 2.04 bits per heavy atom. The van der Waals surface area contributed by atoms with Crippen LogP contribution >= 0.6 is 0 Å². The minimum atomic E-state index is -0.525. The van der Waals surface area contributed by atoms with Crippen LogP contribution in [0, 0.1) is 5.41 Å². The summed E-state index contributed by atoms with van der Waals surface area (Å²) in [5.74, 6) is 0.0904. The van der Waals surface area contributed by atoms with Gasteiger partial charge in [0.05, 0.1) is 12.0 Å². The average molecular weight is 373 g/mol. The SMILES string of the molecule is COCCN1CCC(NC(=O)C2(C)CCCN(C(=O)c3ccccc3)C2)C1. The summed E-state index contributed by atoms with van der Waals surface area (Å²) in [5, 5.41) is 3.24. The first kappa shape index (κ1) is 19.8. The summed E-state index contributed by atoms with van der Waals surface area (Å²) < 4.78 is 5.14. The van der Waals surface area contributed by atoms with Crippen molar-refractivity contribution in [2.45, 2.75) is 32.2 Å². The van der Waals surface area contributed by atoms with E-state index in [0.29, 0.717) is 18.7 Å². The van der Waals surface area contributed by atoms with Crippen molar-refractivity contribution in [2.75, 3.05) is 46.4 Å². The van der Waals surface area contributed by atoms with Crippen LogP contribution in [0.5, 0.6) is 0 Å². The van der Waals surface area contributed by atoms with Crippen molar-refractivity contribution in [1.29, 1.82) is 0 Å². The number of likely N-dealkylation sites (tertiary alicyclic amines) is 2. The van der Waals surface area contributed by atoms with Crippen LogP contribution in [0.25, 0.3) is 0 Å². The van der Waals surface area contributed by atoms with Gasteiger partial charge in [-0.3, -0.25) is 14.5 Å². The average Bonchev–Trinajstić information content (AvgIpc) is 3.13. The molecule has 2 amide bonds. The highest BCUT2D eigenvalue weighted by molar-refractivity contribution is 5.95. The van der Waals surface area contributed by atoms with Crippen LogP contribution in [-0.4, -0.2) is 74.1 Å². The van der Waals surface area contributed by atoms with E-state index in [4.69, 9.17) is 4.74 Å². The number of methoxy groups -OCH3 is 1. The molecule has 2 heterocycles. The van der Waals surface area contributed by atoms with Gasteiger partial charge in [0.25, 0.3) is 5.91 Å². The fourth-order valence-electron chi connectivity index (χ4n) is 4.10. The molecule has 2 aliphatic heterocycles. The predicted octanol–water partition coefficient (Wildman–Crippen LogP) is 1.77. The second-order valence-electron chi connectivity index (χ2n) is 8.01. The molecular formula is C21H31N3O3. The molecule has 27 heavy (non-hydrogen) atoms. The number of benzene rings is 1. The van der Waals surface area contributed by atoms with E-state index >= 15 is 0 Å². The first-order chi connectivity index (χ1) is 13.0. The van der Waals surface area contributed by atoms with Crippen molar-refractivity contribution < 1.29 is 14.3 Å². The van der Waals surface area contributed by atoms with Gasteiger partial charge in [0.15, 0.2) is 0 Å². The maximum absolute atomic E-state index is 13.0. The van der Waals surface area contributed by atoms with Crippen molar-refractivity contribution in [1.82, 2.24) is 15.1 Å². The standard InChI is InChI=1S/C21H31N3O3/c1-21(20(26)22-18-9-12-23(15-18)13-14-27-2)10-6-11-24(16-21)19(25)17-7-4-3-5-8-17/h3-5,7-8,18H,6,9-16H2,1-2H3,(H,22,26). The first-order valence-corrected chi connectivity index (χ1v) is 9.88. The van der Waals surface area contributed by atoms with E-state index in [1.807, 2.05) is 42.2 Å². The third kappa shape index (κ3) is 4.87. The third-order valence-corrected chi connectivity index (χ3v) is 5.77. The zero-order chi connectivity index (χ0) is 19.3. The fraction of sp³-hybridized carbons (Fsp3) is 0.619. The highest BCUT2D eigenvalue weighted by Crippen LogP contribution is 2.31. The molecule has 0 spiro atoms. The molecule has 6 nitrogen and oxygen atoms in total. The number of carbonyl (C=O) groups is 2. The maximum Gasteiger partial charge on any atom is 0.253 e. The van der Waals surface area contributed by atoms with Crippen LogP contribution in [0.1, 0.15) is 36.5 Å². The van der Waals surface area contributed by atoms with Crippen LogP contribution in [0.15, 0.2) is 30.3 Å². The molecule has 148 valence electrons. The van der Waals surface area contributed by atoms with Gasteiger partial charge in [-0.25, -0.2) is 0 Å². The zero-order valence-electron chi connectivity index (χ0n) is 16.4. The van der Waals surface area contributed by atoms with Crippen LogP contribution in [-0.2, 0) is 9.53 Å². The summed E-state index contributed by atoms with van der Waals surface area (Å²) in [6.07, 6.45) is 2.64. The molecule has 2 aliphatic rings. The highest BCUT2D eigenvalue weighted by atomic mass is 16.5. The normalized spacial score (nSPS) is 26.1. The van der Waals surface area contributed by atoms with Gasteiger partial charge in [0.1, 0.15) is 0 Å². The van der Waals surface area contributed by atoms with E-state index in [0.717, 1.165) is 45.5 Å². The molecule has 2 atom stereocenters. The van der Waals surface area contributed by atoms with Gasteiger partial charge in [0.2, 0.25) is 5.91 Å². The predicted molar refractivity (Wildman–Crippen MR) is 105 cm³/mol. The quantitative estimate of drug-likeness (QED) is 0.826. The van der Waals surface area contributed by atoms with E-state index in [2.05, 4.69) is 10.2 Å². The summed E-state index contributed by atoms with van der Waals surface area (Å²) in [4.78, 5) is 29.9. The van der Waals surface area contributed by atoms with Gasteiger partial charge in [-0.05, 0) is 38.3 Å². The molecule has 0 radical (unpaired) electrons. The number of amides is 2. The van der Waals surface area contributed by atoms with Crippen LogP contribution < -0.4 is 5.32 Å². The van der Waals surface area contributed by atoms with E-state index < -0.39 is 5.41 Å². The molecule has 2 fully saturated rings. The Morgan fingerprint density at radius 1 is 1.26 bits per heavy atom. The number of ether oxygens (including phenoxy) is 1. The molecule has 2 saturated heterocycles. The molecule has 0 aliphatic carbocycles. The fourth-order valence-corrected chi connectivity index (χ4v) is 4.10. The Labute approximate surface area is 161 Å². The van der Waals surface area contributed by atoms with Crippen molar-refractivity contribution in [3.05, 3.63) is 35.9 Å². The number of hydrogen-bond acceptors (Lipinski definition) is 4. The molecular weight excluding hydrogens is 342 g/mol. The monoisotopic (exact) mass is 373 g/mol. The van der Waals surface area contributed by atoms with Gasteiger partial charge < -0.3 is 15.0 Å². The Morgan fingerprint density at radius 3 is 2.78 bits per heavy atom. The number of nitrogens with one attached hydrogen (secondary N) is 1. The van der Waals surface area contributed by atoms with Crippen LogP contribution in [0.4, 0.5) is 0 Å². The number of carbonyl (C=O) groups excluding carboxylic acids is 2. The second kappa shape index (κ2) is 8.85. The van der Waals surface area contributed by atoms with Gasteiger partial charge in [-0.15, -0.1) is 0 Å². The number of hydrogen-bond donors (Lipinski definition) is 1. The Balaban J connectivity index is 1.57. The lowest BCUT2D eigenvalue weighted by molar-refractivity contribution is -0.133. The molecule has 3 rings (SSSR count). The van der Waals surface area contributed by atoms with E-state index in [1.165, 1.54) is 0 Å². The Kier molecular flexibility index (Phi) is 6.50. The Bertz CT molecular complexity index is 651. The van der Waals surface area contributed by atoms with Gasteiger partial charge in [-0.2, -0.15) is 0 Å². The second-order valence-corrected chi connectivity index (χ2v) is 8.01. The minimum absolute atomic E-state index is 0.0148. The minimum Gasteiger partial charge on any atom is -0.383 e. The van der Waals surface area contributed by atoms with Gasteiger partial charge in [-0.1, -0.05) is 18.2 Å². The van der Waals surface area contributed by atoms with Crippen molar-refractivity contribution in [2.24, 2.45) is 5.41 Å². The number of nitrogens with zero attached hydrogens (tertiary/aromatic N) is 2. The molecule has 0 saturated carbocycles. The Hall–Kier alpha value is -1.92. The number of rotatable bonds is 6. The smallest absolute Gasteiger partial charge is 0.253 e. The summed E-state index contributed by atoms with van der Waals surface area (Å²) in [6, 6.07) is 9.51. The molecule has 6 heteroatoms. The van der Waals surface area contributed by atoms with Crippen LogP contribution in [0.2, 0.25) is 0 Å². The van der Waals surface area contributed by atoms with E-state index in [1.54, 1.807) is 7.11 Å². The van der Waals surface area contributed by atoms with Crippen molar-refractivity contribution in [3.63, 3.8) is 0 Å². The molecule has 2 unspecified atom stereocenters. The topological polar surface area (TPSA) is 61.9 Å². The molecule has 1 N–H and O–H groups in total. The zero-order valence-corrected chi connectivity index (χ0v) is 16.4. The molecule has 0 bridgehead atoms. The lowest BCUT2D eigenvalue weighted by Gasteiger charge is -2.40. The van der Waals surface area contributed by atoms with E-state index in [-0.39, 0.29) is 17.9 Å². The third-order valence-electron chi connectivity index (χ3n) is 5.77. The van der Waals surface area contributed by atoms with Gasteiger partial charge in [0, 0.05) is 51.4 Å². The van der Waals surface area contributed by atoms with Crippen LogP contribution in [0.3, 0.4) is 0 Å². The van der Waals surface area contributed by atoms with E-state index in [9.17, 15) is 9.59 Å². The highest BCUT2D eigenvalue weighted by Gasteiger charge is 2.40. The maximum atomic E-state index is 13.0. The van der Waals surface area contributed by atoms with Gasteiger partial charge >= 0.3 is 0 Å². The molecule has 1 aromatic rings. The van der Waals surface area contributed by atoms with Crippen molar-refractivity contribution >= 4 is 11.8 Å². The summed E-state index contributed by atoms with van der Waals surface area (Å²) >= 11 is 0. The lowest BCUT2D eigenvalue weighted by atomic mass is 9.80. The number of piperidine rings is 1. The first-order valence-electron chi connectivity index (χ1n) is 9.88. The summed E-state index contributed by atoms with van der Waals surface area (Å²) in [7, 11) is 1.71. The van der Waals surface area contributed by atoms with Crippen molar-refractivity contribution in [3.8, 4) is 0 Å². The lowest BCUT2D eigenvalue weighted by Crippen LogP contribution is -2.54. The summed E-state index contributed by atoms with van der Waals surface area (Å²) in [5.41, 5.74) is 0.162.